The van der Waals surface area contributed by atoms with Crippen LogP contribution >= 0.6 is 15.9 Å². The van der Waals surface area contributed by atoms with Crippen LogP contribution in [0.25, 0.3) is 0 Å². The first-order chi connectivity index (χ1) is 6.72. The number of hydrogen-bond acceptors (Lipinski definition) is 1. The molecule has 0 aliphatic heterocycles. The Bertz CT molecular complexity index is 316. The van der Waals surface area contributed by atoms with Crippen LogP contribution in [0.5, 0.6) is 0 Å². The topological polar surface area (TPSA) is 17.1 Å². The summed E-state index contributed by atoms with van der Waals surface area (Å²) in [7, 11) is 0. The number of hydrogen-bond donors (Lipinski definition) is 0. The van der Waals surface area contributed by atoms with Crippen LogP contribution in [0.4, 0.5) is 0 Å². The first-order valence-corrected chi connectivity index (χ1v) is 6.09. The molecule has 2 aliphatic carbocycles. The molecule has 1 fully saturated rings. The average molecular weight is 255 g/mol. The lowest BCUT2D eigenvalue weighted by atomic mass is 9.65. The summed E-state index contributed by atoms with van der Waals surface area (Å²) in [6.45, 7) is 2.24. The zero-order valence-electron chi connectivity index (χ0n) is 8.42. The molecule has 2 unspecified atom stereocenters. The van der Waals surface area contributed by atoms with Crippen LogP contribution in [0.15, 0.2) is 22.2 Å². The summed E-state index contributed by atoms with van der Waals surface area (Å²) in [5, 5.41) is 0. The van der Waals surface area contributed by atoms with Gasteiger partial charge in [0.2, 0.25) is 0 Å². The van der Waals surface area contributed by atoms with Gasteiger partial charge < -0.3 is 0 Å². The first kappa shape index (κ1) is 10.2. The van der Waals surface area contributed by atoms with Crippen LogP contribution in [0, 0.1) is 11.3 Å². The number of halogens is 1. The molecular weight excluding hydrogens is 240 g/mol. The predicted octanol–water partition coefficient (Wildman–Crippen LogP) is 3.60. The molecule has 0 spiro atoms. The van der Waals surface area contributed by atoms with Crippen LogP contribution in [0.2, 0.25) is 0 Å². The van der Waals surface area contributed by atoms with Crippen LogP contribution < -0.4 is 0 Å². The van der Waals surface area contributed by atoms with E-state index in [-0.39, 0.29) is 5.41 Å². The largest absolute Gasteiger partial charge is 0.298 e. The van der Waals surface area contributed by atoms with Gasteiger partial charge in [0.25, 0.3) is 0 Å². The molecule has 2 aliphatic rings. The lowest BCUT2D eigenvalue weighted by molar-refractivity contribution is -0.106. The minimum atomic E-state index is 0.125. The Morgan fingerprint density at radius 3 is 3.07 bits per heavy atom. The Morgan fingerprint density at radius 1 is 1.64 bits per heavy atom. The van der Waals surface area contributed by atoms with Crippen molar-refractivity contribution in [2.45, 2.75) is 32.6 Å². The number of fused-ring (bicyclic) bond motifs is 1. The second kappa shape index (κ2) is 3.65. The summed E-state index contributed by atoms with van der Waals surface area (Å²) in [6.07, 6.45) is 7.77. The second-order valence-corrected chi connectivity index (χ2v) is 4.98. The normalized spacial score (nSPS) is 39.4. The maximum absolute atomic E-state index is 11.0. The van der Waals surface area contributed by atoms with E-state index in [1.54, 1.807) is 0 Å². The molecule has 2 heteroatoms. The van der Waals surface area contributed by atoms with E-state index >= 15 is 0 Å². The van der Waals surface area contributed by atoms with Crippen LogP contribution in [-0.4, -0.2) is 6.29 Å². The van der Waals surface area contributed by atoms with E-state index in [9.17, 15) is 4.79 Å². The van der Waals surface area contributed by atoms with Crippen LogP contribution in [-0.2, 0) is 4.79 Å². The van der Waals surface area contributed by atoms with E-state index in [1.807, 2.05) is 0 Å². The lowest BCUT2D eigenvalue weighted by Crippen LogP contribution is -2.30. The summed E-state index contributed by atoms with van der Waals surface area (Å²) in [4.78, 5) is 13.0. The highest BCUT2D eigenvalue weighted by molar-refractivity contribution is 9.11. The maximum atomic E-state index is 11.0. The van der Waals surface area contributed by atoms with Crippen molar-refractivity contribution >= 4 is 22.2 Å². The summed E-state index contributed by atoms with van der Waals surface area (Å²) in [5.41, 5.74) is 2.63. The molecule has 0 aromatic carbocycles. The third-order valence-electron chi connectivity index (χ3n) is 3.88. The van der Waals surface area contributed by atoms with Crippen molar-refractivity contribution in [3.63, 3.8) is 0 Å². The number of carbonyl (C=O) groups excluding carboxylic acids is 1. The molecule has 0 saturated heterocycles. The molecule has 14 heavy (non-hydrogen) atoms. The van der Waals surface area contributed by atoms with Gasteiger partial charge in [0.1, 0.15) is 6.29 Å². The highest BCUT2D eigenvalue weighted by atomic mass is 79.9. The molecule has 0 bridgehead atoms. The first-order valence-electron chi connectivity index (χ1n) is 5.17. The van der Waals surface area contributed by atoms with Crippen molar-refractivity contribution < 1.29 is 4.79 Å². The third-order valence-corrected chi connectivity index (χ3v) is 4.47. The van der Waals surface area contributed by atoms with Gasteiger partial charge in [-0.05, 0) is 42.2 Å². The van der Waals surface area contributed by atoms with E-state index in [0.717, 1.165) is 24.7 Å². The Hall–Kier alpha value is -0.370. The Kier molecular flexibility index (Phi) is 2.65. The molecule has 0 aromatic heterocycles. The molecule has 0 N–H and O–H groups in total. The fourth-order valence-electron chi connectivity index (χ4n) is 2.97. The van der Waals surface area contributed by atoms with Gasteiger partial charge in [-0.3, -0.25) is 4.79 Å². The molecule has 76 valence electrons. The number of aldehydes is 1. The third kappa shape index (κ3) is 1.31. The van der Waals surface area contributed by atoms with Crippen molar-refractivity contribution in [2.75, 3.05) is 0 Å². The smallest absolute Gasteiger partial charge is 0.146 e. The minimum absolute atomic E-state index is 0.125. The van der Waals surface area contributed by atoms with E-state index in [2.05, 4.69) is 33.9 Å². The molecular formula is C12H15BrO. The fraction of sp³-hybridized carbons (Fsp3) is 0.583. The van der Waals surface area contributed by atoms with Crippen molar-refractivity contribution in [3.8, 4) is 0 Å². The summed E-state index contributed by atoms with van der Waals surface area (Å²) >= 11 is 3.44. The van der Waals surface area contributed by atoms with Crippen molar-refractivity contribution in [1.82, 2.24) is 0 Å². The SMILES string of the molecule is CC12CCC/C(=C\Br)C1CC=C2C=O. The van der Waals surface area contributed by atoms with E-state index in [4.69, 9.17) is 0 Å². The van der Waals surface area contributed by atoms with Crippen LogP contribution in [0.3, 0.4) is 0 Å². The second-order valence-electron chi connectivity index (χ2n) is 4.52. The quantitative estimate of drug-likeness (QED) is 0.654. The molecule has 0 radical (unpaired) electrons. The van der Waals surface area contributed by atoms with E-state index in [1.165, 1.54) is 18.4 Å². The summed E-state index contributed by atoms with van der Waals surface area (Å²) in [5.74, 6) is 0.566. The number of rotatable bonds is 1. The van der Waals surface area contributed by atoms with Crippen molar-refractivity contribution in [3.05, 3.63) is 22.2 Å². The molecule has 0 amide bonds. The summed E-state index contributed by atoms with van der Waals surface area (Å²) in [6, 6.07) is 0. The van der Waals surface area contributed by atoms with Crippen LogP contribution in [0.1, 0.15) is 32.6 Å². The van der Waals surface area contributed by atoms with Gasteiger partial charge in [0, 0.05) is 5.41 Å². The van der Waals surface area contributed by atoms with E-state index in [0.29, 0.717) is 5.92 Å². The number of allylic oxidation sites excluding steroid dienone is 3. The summed E-state index contributed by atoms with van der Waals surface area (Å²) < 4.78 is 0. The molecule has 1 saturated carbocycles. The molecule has 0 heterocycles. The number of carbonyl (C=O) groups is 1. The molecule has 0 aromatic rings. The van der Waals surface area contributed by atoms with Gasteiger partial charge in [0.05, 0.1) is 0 Å². The van der Waals surface area contributed by atoms with Gasteiger partial charge in [-0.15, -0.1) is 0 Å². The van der Waals surface area contributed by atoms with Crippen molar-refractivity contribution in [2.24, 2.45) is 11.3 Å². The van der Waals surface area contributed by atoms with Gasteiger partial charge in [-0.2, -0.15) is 0 Å². The van der Waals surface area contributed by atoms with Gasteiger partial charge in [0.15, 0.2) is 0 Å². The fourth-order valence-corrected chi connectivity index (χ4v) is 3.51. The Balaban J connectivity index is 2.34. The molecule has 2 rings (SSSR count). The zero-order chi connectivity index (χ0) is 10.2. The molecule has 2 atom stereocenters. The van der Waals surface area contributed by atoms with Gasteiger partial charge in [-0.25, -0.2) is 0 Å². The molecule has 1 nitrogen and oxygen atoms in total. The minimum Gasteiger partial charge on any atom is -0.298 e. The highest BCUT2D eigenvalue weighted by Gasteiger charge is 2.44. The van der Waals surface area contributed by atoms with Crippen molar-refractivity contribution in [1.29, 1.82) is 0 Å². The standard InChI is InChI=1S/C12H15BrO/c1-12-6-2-3-9(7-13)11(12)5-4-10(12)8-14/h4,7-8,11H,2-3,5-6H2,1H3/b9-7+. The Labute approximate surface area is 93.4 Å². The predicted molar refractivity (Wildman–Crippen MR) is 61.2 cm³/mol. The Morgan fingerprint density at radius 2 is 2.43 bits per heavy atom. The maximum Gasteiger partial charge on any atom is 0.146 e. The zero-order valence-corrected chi connectivity index (χ0v) is 10.0. The van der Waals surface area contributed by atoms with Gasteiger partial charge >= 0.3 is 0 Å². The average Bonchev–Trinajstić information content (AvgIpc) is 2.53. The monoisotopic (exact) mass is 254 g/mol. The van der Waals surface area contributed by atoms with E-state index < -0.39 is 0 Å². The highest BCUT2D eigenvalue weighted by Crippen LogP contribution is 2.53. The van der Waals surface area contributed by atoms with Gasteiger partial charge in [-0.1, -0.05) is 34.5 Å². The lowest BCUT2D eigenvalue weighted by Gasteiger charge is -2.39.